The number of nitrogens with zero attached hydrogens (tertiary/aromatic N) is 4. The van der Waals surface area contributed by atoms with Crippen LogP contribution in [0.4, 0.5) is 0 Å². The van der Waals surface area contributed by atoms with Crippen molar-refractivity contribution in [2.45, 2.75) is 19.0 Å². The molecule has 0 spiro atoms. The van der Waals surface area contributed by atoms with E-state index in [-0.39, 0.29) is 19.6 Å². The topological polar surface area (TPSA) is 119 Å². The third-order valence-corrected chi connectivity index (χ3v) is 2.42. The van der Waals surface area contributed by atoms with Gasteiger partial charge in [-0.3, -0.25) is 0 Å². The Bertz CT molecular complexity index is 384. The van der Waals surface area contributed by atoms with Gasteiger partial charge in [0.25, 0.3) is 0 Å². The highest BCUT2D eigenvalue weighted by Crippen LogP contribution is 2.47. The molecule has 0 amide bonds. The summed E-state index contributed by atoms with van der Waals surface area (Å²) in [5, 5.41) is 33.5. The van der Waals surface area contributed by atoms with Gasteiger partial charge >= 0.3 is 11.6 Å². The van der Waals surface area contributed by atoms with Crippen molar-refractivity contribution in [2.24, 2.45) is 15.6 Å². The highest BCUT2D eigenvalue weighted by molar-refractivity contribution is 5.85. The summed E-state index contributed by atoms with van der Waals surface area (Å²) >= 11 is 0. The van der Waals surface area contributed by atoms with Crippen molar-refractivity contribution in [3.63, 3.8) is 0 Å². The van der Waals surface area contributed by atoms with Gasteiger partial charge in [-0.1, -0.05) is 6.92 Å². The summed E-state index contributed by atoms with van der Waals surface area (Å²) in [6.07, 6.45) is 0.112. The molecule has 1 aliphatic heterocycles. The summed E-state index contributed by atoms with van der Waals surface area (Å²) in [7, 11) is 0. The Morgan fingerprint density at radius 2 is 2.06 bits per heavy atom. The molecule has 1 aliphatic rings. The molecule has 0 aliphatic carbocycles. The van der Waals surface area contributed by atoms with E-state index in [2.05, 4.69) is 15.0 Å². The standard InChI is InChI=1S/C9H10N4O3/c1-2-8(5-10,6-11)9(12-13-9)7(15)16-4-3-14/h14H,2-4H2,1H3. The van der Waals surface area contributed by atoms with E-state index in [1.165, 1.54) is 0 Å². The van der Waals surface area contributed by atoms with Crippen molar-refractivity contribution < 1.29 is 14.6 Å². The molecule has 16 heavy (non-hydrogen) atoms. The Labute approximate surface area is 92.0 Å². The fraction of sp³-hybridized carbons (Fsp3) is 0.667. The molecular formula is C9H10N4O3. The van der Waals surface area contributed by atoms with E-state index < -0.39 is 17.0 Å². The van der Waals surface area contributed by atoms with Crippen molar-refractivity contribution >= 4 is 5.97 Å². The molecule has 0 aromatic carbocycles. The first-order valence-electron chi connectivity index (χ1n) is 4.67. The average Bonchev–Trinajstić information content (AvgIpc) is 3.11. The second-order valence-electron chi connectivity index (χ2n) is 3.21. The van der Waals surface area contributed by atoms with E-state index >= 15 is 0 Å². The van der Waals surface area contributed by atoms with E-state index in [9.17, 15) is 4.79 Å². The summed E-state index contributed by atoms with van der Waals surface area (Å²) in [6.45, 7) is 1.05. The van der Waals surface area contributed by atoms with Crippen molar-refractivity contribution in [3.05, 3.63) is 0 Å². The van der Waals surface area contributed by atoms with Gasteiger partial charge in [0.05, 0.1) is 18.7 Å². The minimum Gasteiger partial charge on any atom is -0.460 e. The smallest absolute Gasteiger partial charge is 0.363 e. The number of ether oxygens (including phenoxy) is 1. The average molecular weight is 222 g/mol. The van der Waals surface area contributed by atoms with Crippen LogP contribution in [0.25, 0.3) is 0 Å². The van der Waals surface area contributed by atoms with Crippen LogP contribution in [-0.2, 0) is 9.53 Å². The number of carbonyl (C=O) groups is 1. The van der Waals surface area contributed by atoms with Gasteiger partial charge in [0.15, 0.2) is 0 Å². The number of rotatable bonds is 5. The summed E-state index contributed by atoms with van der Waals surface area (Å²) in [6, 6.07) is 3.53. The van der Waals surface area contributed by atoms with E-state index in [1.54, 1.807) is 19.1 Å². The lowest BCUT2D eigenvalue weighted by Gasteiger charge is -2.21. The fourth-order valence-corrected chi connectivity index (χ4v) is 1.30. The summed E-state index contributed by atoms with van der Waals surface area (Å²) in [5.74, 6) is -0.869. The van der Waals surface area contributed by atoms with Crippen LogP contribution in [0.2, 0.25) is 0 Å². The molecule has 7 heteroatoms. The highest BCUT2D eigenvalue weighted by atomic mass is 16.5. The molecule has 0 atom stereocenters. The van der Waals surface area contributed by atoms with E-state index in [4.69, 9.17) is 15.6 Å². The van der Waals surface area contributed by atoms with E-state index in [0.717, 1.165) is 0 Å². The molecule has 0 saturated heterocycles. The van der Waals surface area contributed by atoms with E-state index in [0.29, 0.717) is 0 Å². The number of carbonyl (C=O) groups excluding carboxylic acids is 1. The molecule has 0 aromatic heterocycles. The van der Waals surface area contributed by atoms with Crippen LogP contribution in [0, 0.1) is 28.1 Å². The second-order valence-corrected chi connectivity index (χ2v) is 3.21. The fourth-order valence-electron chi connectivity index (χ4n) is 1.30. The van der Waals surface area contributed by atoms with Gasteiger partial charge in [-0.05, 0) is 6.42 Å². The number of esters is 1. The number of hydrogen-bond donors (Lipinski definition) is 1. The maximum Gasteiger partial charge on any atom is 0.363 e. The van der Waals surface area contributed by atoms with Gasteiger partial charge in [-0.25, -0.2) is 4.79 Å². The van der Waals surface area contributed by atoms with Crippen LogP contribution in [-0.4, -0.2) is 30.0 Å². The molecule has 1 heterocycles. The van der Waals surface area contributed by atoms with Crippen molar-refractivity contribution in [3.8, 4) is 12.1 Å². The Morgan fingerprint density at radius 1 is 1.50 bits per heavy atom. The molecule has 0 bridgehead atoms. The molecule has 0 aromatic rings. The van der Waals surface area contributed by atoms with Crippen LogP contribution in [0.3, 0.4) is 0 Å². The maximum atomic E-state index is 11.6. The van der Waals surface area contributed by atoms with Crippen molar-refractivity contribution in [2.75, 3.05) is 13.2 Å². The van der Waals surface area contributed by atoms with Crippen molar-refractivity contribution in [1.29, 1.82) is 10.5 Å². The minimum absolute atomic E-state index is 0.112. The predicted octanol–water partition coefficient (Wildman–Crippen LogP) is 0.128. The van der Waals surface area contributed by atoms with Crippen LogP contribution < -0.4 is 0 Å². The monoisotopic (exact) mass is 222 g/mol. The molecule has 0 unspecified atom stereocenters. The number of aliphatic hydroxyl groups excluding tert-OH is 1. The quantitative estimate of drug-likeness (QED) is 0.663. The summed E-state index contributed by atoms with van der Waals surface area (Å²) in [5.41, 5.74) is -3.35. The van der Waals surface area contributed by atoms with Gasteiger partial charge < -0.3 is 9.84 Å². The molecule has 84 valence electrons. The largest absolute Gasteiger partial charge is 0.460 e. The zero-order chi connectivity index (χ0) is 12.2. The molecule has 0 saturated carbocycles. The van der Waals surface area contributed by atoms with Gasteiger partial charge in [0, 0.05) is 0 Å². The highest BCUT2D eigenvalue weighted by Gasteiger charge is 2.67. The second kappa shape index (κ2) is 4.25. The van der Waals surface area contributed by atoms with Crippen LogP contribution in [0.5, 0.6) is 0 Å². The third-order valence-electron chi connectivity index (χ3n) is 2.42. The van der Waals surface area contributed by atoms with Crippen LogP contribution >= 0.6 is 0 Å². The Hall–Kier alpha value is -1.99. The van der Waals surface area contributed by atoms with Gasteiger partial charge in [-0.2, -0.15) is 10.5 Å². The molecule has 1 rings (SSSR count). The zero-order valence-electron chi connectivity index (χ0n) is 8.67. The zero-order valence-corrected chi connectivity index (χ0v) is 8.67. The minimum atomic E-state index is -1.72. The lowest BCUT2D eigenvalue weighted by Crippen LogP contribution is -2.43. The number of hydrogen-bond acceptors (Lipinski definition) is 7. The van der Waals surface area contributed by atoms with Crippen LogP contribution in [0.15, 0.2) is 10.2 Å². The summed E-state index contributed by atoms with van der Waals surface area (Å²) in [4.78, 5) is 11.6. The predicted molar refractivity (Wildman–Crippen MR) is 49.6 cm³/mol. The maximum absolute atomic E-state index is 11.6. The Balaban J connectivity index is 2.90. The van der Waals surface area contributed by atoms with E-state index in [1.807, 2.05) is 0 Å². The third kappa shape index (κ3) is 1.51. The van der Waals surface area contributed by atoms with Gasteiger partial charge in [0.1, 0.15) is 6.61 Å². The number of aliphatic hydroxyl groups is 1. The lowest BCUT2D eigenvalue weighted by atomic mass is 9.77. The molecule has 0 fully saturated rings. The molecule has 0 radical (unpaired) electrons. The first-order valence-corrected chi connectivity index (χ1v) is 4.67. The SMILES string of the molecule is CCC(C#N)(C#N)C1(C(=O)OCCO)N=N1. The first kappa shape index (κ1) is 12.1. The lowest BCUT2D eigenvalue weighted by molar-refractivity contribution is -0.150. The molecule has 7 nitrogen and oxygen atoms in total. The van der Waals surface area contributed by atoms with Crippen LogP contribution in [0.1, 0.15) is 13.3 Å². The first-order chi connectivity index (χ1) is 7.62. The number of nitriles is 2. The Morgan fingerprint density at radius 3 is 2.38 bits per heavy atom. The van der Waals surface area contributed by atoms with Crippen molar-refractivity contribution in [1.82, 2.24) is 0 Å². The van der Waals surface area contributed by atoms with Gasteiger partial charge in [-0.15, -0.1) is 10.2 Å². The molecular weight excluding hydrogens is 212 g/mol. The molecule has 1 N–H and O–H groups in total. The normalized spacial score (nSPS) is 16.0. The Kier molecular flexibility index (Phi) is 3.21. The summed E-state index contributed by atoms with van der Waals surface area (Å²) < 4.78 is 4.65. The van der Waals surface area contributed by atoms with Gasteiger partial charge in [0.2, 0.25) is 5.41 Å².